The van der Waals surface area contributed by atoms with Crippen LogP contribution in [0.3, 0.4) is 0 Å². The molecule has 110 valence electrons. The zero-order valence-corrected chi connectivity index (χ0v) is 10.4. The lowest BCUT2D eigenvalue weighted by molar-refractivity contribution is -0.295. The van der Waals surface area contributed by atoms with Gasteiger partial charge in [-0.15, -0.1) is 0 Å². The van der Waals surface area contributed by atoms with Crippen LogP contribution in [0.2, 0.25) is 0 Å². The number of halogens is 5. The van der Waals surface area contributed by atoms with Crippen molar-refractivity contribution in [3.05, 3.63) is 23.7 Å². The third-order valence-electron chi connectivity index (χ3n) is 2.40. The molecule has 1 rings (SSSR count). The highest BCUT2D eigenvalue weighted by molar-refractivity contribution is 5.14. The summed E-state index contributed by atoms with van der Waals surface area (Å²) in [5.41, 5.74) is 0. The predicted octanol–water partition coefficient (Wildman–Crippen LogP) is 3.27. The lowest BCUT2D eigenvalue weighted by atomic mass is 10.1. The molecule has 1 heterocycles. The van der Waals surface area contributed by atoms with Crippen LogP contribution in [-0.2, 0) is 11.3 Å². The summed E-state index contributed by atoms with van der Waals surface area (Å²) in [6.07, 6.45) is -5.66. The van der Waals surface area contributed by atoms with Crippen molar-refractivity contribution < 1.29 is 31.1 Å². The maximum atomic E-state index is 13.4. The normalized spacial score (nSPS) is 14.7. The Kier molecular flexibility index (Phi) is 4.92. The van der Waals surface area contributed by atoms with Crippen LogP contribution in [0.5, 0.6) is 0 Å². The number of rotatable bonds is 6. The summed E-state index contributed by atoms with van der Waals surface area (Å²) in [5.74, 6) is -5.22. The largest absolute Gasteiger partial charge is 0.462 e. The summed E-state index contributed by atoms with van der Waals surface area (Å²) in [6, 6.07) is 0.125. The lowest BCUT2D eigenvalue weighted by Crippen LogP contribution is -2.47. The summed E-state index contributed by atoms with van der Waals surface area (Å²) in [4.78, 5) is 0. The molecular formula is C11H14F5NO2. The molecule has 3 nitrogen and oxygen atoms in total. The Morgan fingerprint density at radius 3 is 2.37 bits per heavy atom. The van der Waals surface area contributed by atoms with Crippen LogP contribution in [0, 0.1) is 0 Å². The van der Waals surface area contributed by atoms with Gasteiger partial charge in [0.05, 0.1) is 0 Å². The molecule has 0 aliphatic rings. The van der Waals surface area contributed by atoms with Crippen molar-refractivity contribution in [2.24, 2.45) is 0 Å². The molecule has 0 aliphatic carbocycles. The van der Waals surface area contributed by atoms with Crippen LogP contribution in [0.15, 0.2) is 16.5 Å². The molecule has 0 aliphatic heterocycles. The van der Waals surface area contributed by atoms with Crippen molar-refractivity contribution in [2.75, 3.05) is 13.7 Å². The van der Waals surface area contributed by atoms with Gasteiger partial charge in [-0.05, 0) is 18.7 Å². The third kappa shape index (κ3) is 3.44. The highest BCUT2D eigenvalue weighted by Gasteiger charge is 2.63. The molecule has 1 aromatic rings. The van der Waals surface area contributed by atoms with Gasteiger partial charge < -0.3 is 14.5 Å². The van der Waals surface area contributed by atoms with Crippen molar-refractivity contribution in [3.63, 3.8) is 0 Å². The molecule has 1 atom stereocenters. The van der Waals surface area contributed by atoms with Crippen LogP contribution < -0.4 is 5.32 Å². The minimum Gasteiger partial charge on any atom is -0.462 e. The van der Waals surface area contributed by atoms with E-state index in [1.54, 1.807) is 0 Å². The Morgan fingerprint density at radius 2 is 1.89 bits per heavy atom. The number of ether oxygens (including phenoxy) is 1. The maximum absolute atomic E-state index is 13.4. The average Bonchev–Trinajstić information content (AvgIpc) is 2.73. The summed E-state index contributed by atoms with van der Waals surface area (Å²) < 4.78 is 73.6. The molecular weight excluding hydrogens is 273 g/mol. The standard InChI is InChI=1S/C11H14F5NO2/c1-3-17-9(10(12,13)11(14,15)16)8-5-4-7(19-8)6-18-2/h4-5,9,17H,3,6H2,1-2H3. The van der Waals surface area contributed by atoms with Crippen molar-refractivity contribution >= 4 is 0 Å². The van der Waals surface area contributed by atoms with E-state index in [2.05, 4.69) is 5.32 Å². The van der Waals surface area contributed by atoms with Gasteiger partial charge in [-0.3, -0.25) is 0 Å². The van der Waals surface area contributed by atoms with Crippen molar-refractivity contribution in [1.82, 2.24) is 5.32 Å². The molecule has 0 fully saturated rings. The van der Waals surface area contributed by atoms with Crippen LogP contribution in [0.25, 0.3) is 0 Å². The Bertz CT molecular complexity index is 402. The summed E-state index contributed by atoms with van der Waals surface area (Å²) in [6.45, 7) is 1.37. The zero-order chi connectivity index (χ0) is 14.7. The molecule has 1 unspecified atom stereocenters. The maximum Gasteiger partial charge on any atom is 0.455 e. The number of hydrogen-bond donors (Lipinski definition) is 1. The Balaban J connectivity index is 3.05. The van der Waals surface area contributed by atoms with Gasteiger partial charge in [-0.2, -0.15) is 22.0 Å². The number of nitrogens with one attached hydrogen (secondary N) is 1. The highest BCUT2D eigenvalue weighted by Crippen LogP contribution is 2.44. The average molecular weight is 287 g/mol. The fourth-order valence-corrected chi connectivity index (χ4v) is 1.54. The van der Waals surface area contributed by atoms with Crippen LogP contribution in [0.1, 0.15) is 24.5 Å². The fraction of sp³-hybridized carbons (Fsp3) is 0.636. The first-order valence-corrected chi connectivity index (χ1v) is 5.49. The number of alkyl halides is 5. The Labute approximate surface area is 106 Å². The second kappa shape index (κ2) is 5.87. The zero-order valence-electron chi connectivity index (χ0n) is 10.4. The highest BCUT2D eigenvalue weighted by atomic mass is 19.4. The van der Waals surface area contributed by atoms with E-state index in [4.69, 9.17) is 9.15 Å². The minimum absolute atomic E-state index is 0.00354. The van der Waals surface area contributed by atoms with Crippen LogP contribution >= 0.6 is 0 Å². The van der Waals surface area contributed by atoms with Gasteiger partial charge in [0.25, 0.3) is 0 Å². The first kappa shape index (κ1) is 15.9. The molecule has 1 N–H and O–H groups in total. The number of furan rings is 1. The second-order valence-electron chi connectivity index (χ2n) is 3.85. The van der Waals surface area contributed by atoms with Crippen molar-refractivity contribution in [1.29, 1.82) is 0 Å². The van der Waals surface area contributed by atoms with Crippen molar-refractivity contribution in [2.45, 2.75) is 31.7 Å². The van der Waals surface area contributed by atoms with E-state index in [9.17, 15) is 22.0 Å². The quantitative estimate of drug-likeness (QED) is 0.815. The van der Waals surface area contributed by atoms with Gasteiger partial charge in [-0.1, -0.05) is 6.92 Å². The lowest BCUT2D eigenvalue weighted by Gasteiger charge is -2.27. The Morgan fingerprint density at radius 1 is 1.26 bits per heavy atom. The first-order chi connectivity index (χ1) is 8.74. The van der Waals surface area contributed by atoms with E-state index in [1.807, 2.05) is 0 Å². The van der Waals surface area contributed by atoms with E-state index >= 15 is 0 Å². The Hall–Kier alpha value is -1.15. The molecule has 0 saturated heterocycles. The van der Waals surface area contributed by atoms with Gasteiger partial charge in [0.15, 0.2) is 0 Å². The van der Waals surface area contributed by atoms with Gasteiger partial charge in [0.1, 0.15) is 24.2 Å². The molecule has 0 radical (unpaired) electrons. The summed E-state index contributed by atoms with van der Waals surface area (Å²) in [5, 5.41) is 2.10. The van der Waals surface area contributed by atoms with Gasteiger partial charge in [0.2, 0.25) is 0 Å². The van der Waals surface area contributed by atoms with E-state index in [0.29, 0.717) is 0 Å². The molecule has 0 spiro atoms. The monoisotopic (exact) mass is 287 g/mol. The van der Waals surface area contributed by atoms with E-state index in [-0.39, 0.29) is 18.9 Å². The van der Waals surface area contributed by atoms with Gasteiger partial charge in [0, 0.05) is 7.11 Å². The molecule has 0 bridgehead atoms. The first-order valence-electron chi connectivity index (χ1n) is 5.49. The van der Waals surface area contributed by atoms with Crippen LogP contribution in [0.4, 0.5) is 22.0 Å². The summed E-state index contributed by atoms with van der Waals surface area (Å²) >= 11 is 0. The molecule has 0 aromatic carbocycles. The van der Waals surface area contributed by atoms with Gasteiger partial charge >= 0.3 is 12.1 Å². The number of hydrogen-bond acceptors (Lipinski definition) is 3. The molecule has 8 heteroatoms. The van der Waals surface area contributed by atoms with Gasteiger partial charge in [-0.25, -0.2) is 0 Å². The predicted molar refractivity (Wildman–Crippen MR) is 56.8 cm³/mol. The molecule has 0 amide bonds. The molecule has 0 saturated carbocycles. The second-order valence-corrected chi connectivity index (χ2v) is 3.85. The third-order valence-corrected chi connectivity index (χ3v) is 2.40. The fourth-order valence-electron chi connectivity index (χ4n) is 1.54. The smallest absolute Gasteiger partial charge is 0.455 e. The number of methoxy groups -OCH3 is 1. The van der Waals surface area contributed by atoms with E-state index in [1.165, 1.54) is 20.1 Å². The minimum atomic E-state index is -5.66. The SMILES string of the molecule is CCNC(c1ccc(COC)o1)C(F)(F)C(F)(F)F. The van der Waals surface area contributed by atoms with Crippen LogP contribution in [-0.4, -0.2) is 25.8 Å². The van der Waals surface area contributed by atoms with Crippen molar-refractivity contribution in [3.8, 4) is 0 Å². The summed E-state index contributed by atoms with van der Waals surface area (Å²) in [7, 11) is 1.36. The van der Waals surface area contributed by atoms with E-state index in [0.717, 1.165) is 6.07 Å². The topological polar surface area (TPSA) is 34.4 Å². The molecule has 19 heavy (non-hydrogen) atoms. The molecule has 1 aromatic heterocycles. The van der Waals surface area contributed by atoms with E-state index < -0.39 is 23.9 Å².